The average Bonchev–Trinajstić information content (AvgIpc) is 2.55. The second-order valence-electron chi connectivity index (χ2n) is 7.51. The van der Waals surface area contributed by atoms with Crippen LogP contribution in [0.3, 0.4) is 0 Å². The van der Waals surface area contributed by atoms with E-state index in [1.165, 1.54) is 6.07 Å². The fourth-order valence-electron chi connectivity index (χ4n) is 3.45. The Labute approximate surface area is 122 Å². The Balaban J connectivity index is 2.25. The van der Waals surface area contributed by atoms with E-state index in [0.717, 1.165) is 24.8 Å². The highest BCUT2D eigenvalue weighted by Crippen LogP contribution is 2.44. The van der Waals surface area contributed by atoms with Gasteiger partial charge in [-0.05, 0) is 56.4 Å². The summed E-state index contributed by atoms with van der Waals surface area (Å²) in [6.45, 7) is 8.72. The summed E-state index contributed by atoms with van der Waals surface area (Å²) >= 11 is 0. The highest BCUT2D eigenvalue weighted by atomic mass is 19.1. The van der Waals surface area contributed by atoms with Crippen molar-refractivity contribution in [3.05, 3.63) is 35.1 Å². The SMILES string of the molecule is Cc1ccc(F)c(C2(O)CCCC(C(C)(C)C)CC2)c1. The molecule has 0 radical (unpaired) electrons. The number of halogens is 1. The van der Waals surface area contributed by atoms with Crippen LogP contribution in [0.25, 0.3) is 0 Å². The van der Waals surface area contributed by atoms with Gasteiger partial charge in [0, 0.05) is 5.56 Å². The molecule has 20 heavy (non-hydrogen) atoms. The van der Waals surface area contributed by atoms with Gasteiger partial charge < -0.3 is 5.11 Å². The molecule has 0 aromatic heterocycles. The van der Waals surface area contributed by atoms with Crippen LogP contribution < -0.4 is 0 Å². The van der Waals surface area contributed by atoms with Gasteiger partial charge in [0.05, 0.1) is 5.60 Å². The third-order valence-corrected chi connectivity index (χ3v) is 4.90. The summed E-state index contributed by atoms with van der Waals surface area (Å²) in [4.78, 5) is 0. The molecular weight excluding hydrogens is 251 g/mol. The minimum absolute atomic E-state index is 0.260. The summed E-state index contributed by atoms with van der Waals surface area (Å²) in [6.07, 6.45) is 4.38. The third kappa shape index (κ3) is 3.22. The number of aryl methyl sites for hydroxylation is 1. The monoisotopic (exact) mass is 278 g/mol. The van der Waals surface area contributed by atoms with Crippen molar-refractivity contribution in [2.75, 3.05) is 0 Å². The van der Waals surface area contributed by atoms with Crippen molar-refractivity contribution in [2.24, 2.45) is 11.3 Å². The Kier molecular flexibility index (Phi) is 4.24. The van der Waals surface area contributed by atoms with Crippen molar-refractivity contribution in [3.8, 4) is 0 Å². The molecule has 2 atom stereocenters. The Morgan fingerprint density at radius 2 is 1.90 bits per heavy atom. The summed E-state index contributed by atoms with van der Waals surface area (Å²) in [5.41, 5.74) is 0.769. The molecule has 1 saturated carbocycles. The molecule has 2 unspecified atom stereocenters. The second kappa shape index (κ2) is 5.48. The molecule has 0 heterocycles. The summed E-state index contributed by atoms with van der Waals surface area (Å²) in [5, 5.41) is 11.0. The standard InChI is InChI=1S/C18H27FO/c1-13-7-8-16(19)15(12-13)18(20)10-5-6-14(9-11-18)17(2,3)4/h7-8,12,14,20H,5-6,9-11H2,1-4H3. The van der Waals surface area contributed by atoms with Crippen LogP contribution in [0.2, 0.25) is 0 Å². The normalized spacial score (nSPS) is 28.2. The van der Waals surface area contributed by atoms with Gasteiger partial charge in [-0.25, -0.2) is 4.39 Å². The van der Waals surface area contributed by atoms with Gasteiger partial charge in [0.25, 0.3) is 0 Å². The maximum absolute atomic E-state index is 14.1. The second-order valence-corrected chi connectivity index (χ2v) is 7.51. The zero-order valence-corrected chi connectivity index (χ0v) is 13.2. The smallest absolute Gasteiger partial charge is 0.129 e. The average molecular weight is 278 g/mol. The van der Waals surface area contributed by atoms with Crippen LogP contribution in [0.4, 0.5) is 4.39 Å². The molecule has 0 amide bonds. The number of hydrogen-bond acceptors (Lipinski definition) is 1. The zero-order valence-electron chi connectivity index (χ0n) is 13.2. The zero-order chi connectivity index (χ0) is 15.0. The van der Waals surface area contributed by atoms with Gasteiger partial charge in [-0.1, -0.05) is 38.5 Å². The van der Waals surface area contributed by atoms with Gasteiger partial charge in [0.15, 0.2) is 0 Å². The lowest BCUT2D eigenvalue weighted by Gasteiger charge is -2.31. The summed E-state index contributed by atoms with van der Waals surface area (Å²) in [7, 11) is 0. The first-order valence-corrected chi connectivity index (χ1v) is 7.71. The molecule has 0 spiro atoms. The van der Waals surface area contributed by atoms with E-state index in [4.69, 9.17) is 0 Å². The first-order chi connectivity index (χ1) is 9.22. The van der Waals surface area contributed by atoms with Crippen LogP contribution in [-0.4, -0.2) is 5.11 Å². The molecular formula is C18H27FO. The lowest BCUT2D eigenvalue weighted by molar-refractivity contribution is 0.0146. The van der Waals surface area contributed by atoms with E-state index < -0.39 is 5.60 Å². The number of hydrogen-bond donors (Lipinski definition) is 1. The first-order valence-electron chi connectivity index (χ1n) is 7.71. The summed E-state index contributed by atoms with van der Waals surface area (Å²) < 4.78 is 14.1. The number of rotatable bonds is 1. The highest BCUT2D eigenvalue weighted by molar-refractivity contribution is 5.29. The molecule has 1 aromatic carbocycles. The first kappa shape index (κ1) is 15.5. The topological polar surface area (TPSA) is 20.2 Å². The minimum Gasteiger partial charge on any atom is -0.385 e. The maximum Gasteiger partial charge on any atom is 0.129 e. The fourth-order valence-corrected chi connectivity index (χ4v) is 3.45. The van der Waals surface area contributed by atoms with Crippen molar-refractivity contribution in [1.82, 2.24) is 0 Å². The van der Waals surface area contributed by atoms with Gasteiger partial charge in [-0.2, -0.15) is 0 Å². The largest absolute Gasteiger partial charge is 0.385 e. The van der Waals surface area contributed by atoms with Crippen molar-refractivity contribution < 1.29 is 9.50 Å². The summed E-state index contributed by atoms with van der Waals surface area (Å²) in [5.74, 6) is 0.330. The Morgan fingerprint density at radius 3 is 2.55 bits per heavy atom. The molecule has 2 rings (SSSR count). The quantitative estimate of drug-likeness (QED) is 0.721. The van der Waals surface area contributed by atoms with Crippen LogP contribution in [0.5, 0.6) is 0 Å². The molecule has 1 nitrogen and oxygen atoms in total. The lowest BCUT2D eigenvalue weighted by Crippen LogP contribution is -2.27. The predicted octanol–water partition coefficient (Wildman–Crippen LogP) is 4.95. The van der Waals surface area contributed by atoms with Crippen molar-refractivity contribution in [3.63, 3.8) is 0 Å². The molecule has 0 aliphatic heterocycles. The molecule has 0 bridgehead atoms. The van der Waals surface area contributed by atoms with E-state index in [0.29, 0.717) is 24.3 Å². The Hall–Kier alpha value is -0.890. The van der Waals surface area contributed by atoms with Crippen LogP contribution >= 0.6 is 0 Å². The Morgan fingerprint density at radius 1 is 1.20 bits per heavy atom. The van der Waals surface area contributed by atoms with Crippen molar-refractivity contribution in [1.29, 1.82) is 0 Å². The van der Waals surface area contributed by atoms with Crippen LogP contribution in [0.1, 0.15) is 64.0 Å². The lowest BCUT2D eigenvalue weighted by atomic mass is 9.76. The van der Waals surface area contributed by atoms with Crippen LogP contribution in [-0.2, 0) is 5.60 Å². The van der Waals surface area contributed by atoms with Crippen LogP contribution in [0.15, 0.2) is 18.2 Å². The maximum atomic E-state index is 14.1. The van der Waals surface area contributed by atoms with Crippen molar-refractivity contribution >= 4 is 0 Å². The van der Waals surface area contributed by atoms with E-state index in [9.17, 15) is 9.50 Å². The predicted molar refractivity (Wildman–Crippen MR) is 81.1 cm³/mol. The van der Waals surface area contributed by atoms with Gasteiger partial charge in [0.2, 0.25) is 0 Å². The molecule has 1 aromatic rings. The van der Waals surface area contributed by atoms with Gasteiger partial charge in [0.1, 0.15) is 5.82 Å². The minimum atomic E-state index is -0.990. The van der Waals surface area contributed by atoms with Crippen LogP contribution in [0, 0.1) is 24.1 Å². The van der Waals surface area contributed by atoms with Gasteiger partial charge in [-0.15, -0.1) is 0 Å². The van der Waals surface area contributed by atoms with Gasteiger partial charge in [-0.3, -0.25) is 0 Å². The van der Waals surface area contributed by atoms with E-state index in [-0.39, 0.29) is 11.2 Å². The summed E-state index contributed by atoms with van der Waals surface area (Å²) in [6, 6.07) is 5.05. The number of benzene rings is 1. The molecule has 0 saturated heterocycles. The molecule has 112 valence electrons. The molecule has 1 fully saturated rings. The molecule has 1 N–H and O–H groups in total. The van der Waals surface area contributed by atoms with E-state index in [1.807, 2.05) is 13.0 Å². The van der Waals surface area contributed by atoms with E-state index >= 15 is 0 Å². The van der Waals surface area contributed by atoms with E-state index in [2.05, 4.69) is 20.8 Å². The van der Waals surface area contributed by atoms with Crippen molar-refractivity contribution in [2.45, 2.75) is 65.4 Å². The Bertz CT molecular complexity index is 475. The highest BCUT2D eigenvalue weighted by Gasteiger charge is 2.37. The molecule has 1 aliphatic rings. The number of aliphatic hydroxyl groups is 1. The molecule has 2 heteroatoms. The fraction of sp³-hybridized carbons (Fsp3) is 0.667. The molecule has 1 aliphatic carbocycles. The third-order valence-electron chi connectivity index (χ3n) is 4.90. The van der Waals surface area contributed by atoms with Gasteiger partial charge >= 0.3 is 0 Å². The van der Waals surface area contributed by atoms with E-state index in [1.54, 1.807) is 6.07 Å².